The summed E-state index contributed by atoms with van der Waals surface area (Å²) in [6.45, 7) is 0. The number of phenolic OH excluding ortho intramolecular Hbond substituents is 1. The quantitative estimate of drug-likeness (QED) is 0.662. The van der Waals surface area contributed by atoms with Crippen LogP contribution in [0.4, 0.5) is 5.69 Å². The van der Waals surface area contributed by atoms with Gasteiger partial charge in [-0.25, -0.2) is 9.50 Å². The van der Waals surface area contributed by atoms with Gasteiger partial charge in [0.05, 0.1) is 5.69 Å². The number of nitrogen functional groups attached to an aromatic ring is 1. The molecule has 17 heavy (non-hydrogen) atoms. The summed E-state index contributed by atoms with van der Waals surface area (Å²) in [5.41, 5.74) is 7.75. The fourth-order valence-corrected chi connectivity index (χ4v) is 1.69. The van der Waals surface area contributed by atoms with E-state index in [-0.39, 0.29) is 5.75 Å². The van der Waals surface area contributed by atoms with E-state index in [1.807, 2.05) is 12.1 Å². The minimum Gasteiger partial charge on any atom is -0.508 e. The molecule has 0 unspecified atom stereocenters. The monoisotopic (exact) mass is 226 g/mol. The van der Waals surface area contributed by atoms with Gasteiger partial charge >= 0.3 is 0 Å². The molecule has 3 rings (SSSR count). The summed E-state index contributed by atoms with van der Waals surface area (Å²) in [5.74, 6) is 0.730. The number of nitrogens with two attached hydrogens (primary N) is 1. The van der Waals surface area contributed by atoms with E-state index in [4.69, 9.17) is 5.73 Å². The van der Waals surface area contributed by atoms with E-state index in [9.17, 15) is 5.11 Å². The maximum atomic E-state index is 9.42. The Balaban J connectivity index is 2.22. The molecule has 5 nitrogen and oxygen atoms in total. The normalized spacial score (nSPS) is 10.8. The van der Waals surface area contributed by atoms with Gasteiger partial charge in [0, 0.05) is 11.8 Å². The summed E-state index contributed by atoms with van der Waals surface area (Å²) >= 11 is 0. The van der Waals surface area contributed by atoms with Crippen molar-refractivity contribution in [2.75, 3.05) is 5.73 Å². The molecule has 84 valence electrons. The predicted molar refractivity (Wildman–Crippen MR) is 64.5 cm³/mol. The van der Waals surface area contributed by atoms with E-state index in [2.05, 4.69) is 10.1 Å². The third-order valence-electron chi connectivity index (χ3n) is 2.50. The highest BCUT2D eigenvalue weighted by atomic mass is 16.3. The summed E-state index contributed by atoms with van der Waals surface area (Å²) in [5, 5.41) is 13.7. The van der Waals surface area contributed by atoms with Crippen LogP contribution in [0.1, 0.15) is 0 Å². The fraction of sp³-hybridized carbons (Fsp3) is 0. The van der Waals surface area contributed by atoms with Gasteiger partial charge in [-0.1, -0.05) is 12.1 Å². The first kappa shape index (κ1) is 9.65. The number of aromatic nitrogens is 3. The zero-order valence-electron chi connectivity index (χ0n) is 8.91. The van der Waals surface area contributed by atoms with Crippen LogP contribution in [0.25, 0.3) is 17.0 Å². The van der Waals surface area contributed by atoms with Crippen molar-refractivity contribution in [3.05, 3.63) is 42.6 Å². The van der Waals surface area contributed by atoms with Gasteiger partial charge in [-0.2, -0.15) is 0 Å². The van der Waals surface area contributed by atoms with Crippen LogP contribution in [0.15, 0.2) is 42.6 Å². The molecule has 2 aromatic heterocycles. The number of nitrogens with zero attached hydrogens (tertiary/aromatic N) is 3. The standard InChI is InChI=1S/C12H10N4O/c13-10-5-2-6-16-12(10)14-11(15-16)8-3-1-4-9(17)7-8/h1-7,17H,13H2. The van der Waals surface area contributed by atoms with Crippen LogP contribution in [0.2, 0.25) is 0 Å². The molecule has 0 bridgehead atoms. The van der Waals surface area contributed by atoms with Crippen LogP contribution in [-0.2, 0) is 0 Å². The molecule has 0 aliphatic heterocycles. The second-order valence-corrected chi connectivity index (χ2v) is 3.72. The Morgan fingerprint density at radius 2 is 2.06 bits per heavy atom. The van der Waals surface area contributed by atoms with Gasteiger partial charge in [0.15, 0.2) is 11.5 Å². The molecule has 0 amide bonds. The number of rotatable bonds is 1. The molecule has 0 spiro atoms. The first-order valence-electron chi connectivity index (χ1n) is 5.14. The maximum absolute atomic E-state index is 9.42. The molecule has 2 heterocycles. The van der Waals surface area contributed by atoms with Gasteiger partial charge < -0.3 is 10.8 Å². The highest BCUT2D eigenvalue weighted by Gasteiger charge is 2.08. The van der Waals surface area contributed by atoms with Gasteiger partial charge in [-0.15, -0.1) is 5.10 Å². The smallest absolute Gasteiger partial charge is 0.182 e. The van der Waals surface area contributed by atoms with Crippen LogP contribution in [0.3, 0.4) is 0 Å². The number of pyridine rings is 1. The van der Waals surface area contributed by atoms with Crippen molar-refractivity contribution in [2.45, 2.75) is 0 Å². The van der Waals surface area contributed by atoms with Gasteiger partial charge in [0.1, 0.15) is 5.75 Å². The summed E-state index contributed by atoms with van der Waals surface area (Å²) in [4.78, 5) is 4.34. The first-order valence-corrected chi connectivity index (χ1v) is 5.14. The summed E-state index contributed by atoms with van der Waals surface area (Å²) < 4.78 is 1.62. The van der Waals surface area contributed by atoms with E-state index < -0.39 is 0 Å². The van der Waals surface area contributed by atoms with Crippen molar-refractivity contribution < 1.29 is 5.11 Å². The number of benzene rings is 1. The average Bonchev–Trinajstić information content (AvgIpc) is 2.74. The van der Waals surface area contributed by atoms with Crippen molar-refractivity contribution in [3.63, 3.8) is 0 Å². The molecule has 0 fully saturated rings. The largest absolute Gasteiger partial charge is 0.508 e. The highest BCUT2D eigenvalue weighted by molar-refractivity contribution is 5.68. The Bertz CT molecular complexity index is 690. The molecule has 0 saturated heterocycles. The van der Waals surface area contributed by atoms with Crippen LogP contribution in [0.5, 0.6) is 5.75 Å². The Hall–Kier alpha value is -2.56. The molecule has 0 radical (unpaired) electrons. The molecular formula is C12H10N4O. The molecule has 5 heteroatoms. The van der Waals surface area contributed by atoms with Crippen molar-refractivity contribution in [1.82, 2.24) is 14.6 Å². The minimum absolute atomic E-state index is 0.189. The molecule has 0 aliphatic rings. The number of fused-ring (bicyclic) bond motifs is 1. The Morgan fingerprint density at radius 3 is 2.82 bits per heavy atom. The molecular weight excluding hydrogens is 216 g/mol. The second-order valence-electron chi connectivity index (χ2n) is 3.72. The zero-order chi connectivity index (χ0) is 11.8. The van der Waals surface area contributed by atoms with Crippen molar-refractivity contribution >= 4 is 11.3 Å². The molecule has 3 N–H and O–H groups in total. The number of hydrogen-bond donors (Lipinski definition) is 2. The summed E-state index contributed by atoms with van der Waals surface area (Å²) in [7, 11) is 0. The van der Waals surface area contributed by atoms with Gasteiger partial charge in [-0.05, 0) is 24.3 Å². The lowest BCUT2D eigenvalue weighted by molar-refractivity contribution is 0.475. The van der Waals surface area contributed by atoms with Crippen molar-refractivity contribution in [2.24, 2.45) is 0 Å². The SMILES string of the molecule is Nc1cccn2nc(-c3cccc(O)c3)nc12. The lowest BCUT2D eigenvalue weighted by Crippen LogP contribution is -1.92. The van der Waals surface area contributed by atoms with Crippen molar-refractivity contribution in [1.29, 1.82) is 0 Å². The Labute approximate surface area is 97.1 Å². The Kier molecular flexibility index (Phi) is 1.98. The molecule has 0 saturated carbocycles. The maximum Gasteiger partial charge on any atom is 0.182 e. The van der Waals surface area contributed by atoms with Gasteiger partial charge in [0.2, 0.25) is 0 Å². The van der Waals surface area contributed by atoms with E-state index in [0.717, 1.165) is 5.56 Å². The topological polar surface area (TPSA) is 76.4 Å². The third kappa shape index (κ3) is 1.57. The van der Waals surface area contributed by atoms with E-state index in [0.29, 0.717) is 17.2 Å². The third-order valence-corrected chi connectivity index (χ3v) is 2.50. The number of hydrogen-bond acceptors (Lipinski definition) is 4. The van der Waals surface area contributed by atoms with Crippen molar-refractivity contribution in [3.8, 4) is 17.1 Å². The number of phenols is 1. The van der Waals surface area contributed by atoms with Gasteiger partial charge in [-0.3, -0.25) is 0 Å². The average molecular weight is 226 g/mol. The fourth-order valence-electron chi connectivity index (χ4n) is 1.69. The van der Waals surface area contributed by atoms with Crippen LogP contribution in [0, 0.1) is 0 Å². The summed E-state index contributed by atoms with van der Waals surface area (Å²) in [6.07, 6.45) is 1.78. The highest BCUT2D eigenvalue weighted by Crippen LogP contribution is 2.21. The molecule has 0 atom stereocenters. The van der Waals surface area contributed by atoms with E-state index >= 15 is 0 Å². The predicted octanol–water partition coefficient (Wildman–Crippen LogP) is 1.68. The molecule has 0 aliphatic carbocycles. The van der Waals surface area contributed by atoms with E-state index in [1.165, 1.54) is 0 Å². The number of anilines is 1. The first-order chi connectivity index (χ1) is 8.24. The second kappa shape index (κ2) is 3.48. The summed E-state index contributed by atoms with van der Waals surface area (Å²) in [6, 6.07) is 10.4. The zero-order valence-corrected chi connectivity index (χ0v) is 8.91. The van der Waals surface area contributed by atoms with E-state index in [1.54, 1.807) is 35.0 Å². The number of aromatic hydroxyl groups is 1. The van der Waals surface area contributed by atoms with Crippen LogP contribution >= 0.6 is 0 Å². The van der Waals surface area contributed by atoms with Gasteiger partial charge in [0.25, 0.3) is 0 Å². The molecule has 3 aromatic rings. The van der Waals surface area contributed by atoms with Crippen LogP contribution < -0.4 is 5.73 Å². The van der Waals surface area contributed by atoms with Crippen LogP contribution in [-0.4, -0.2) is 19.7 Å². The Morgan fingerprint density at radius 1 is 1.18 bits per heavy atom. The minimum atomic E-state index is 0.189. The lowest BCUT2D eigenvalue weighted by atomic mass is 10.2. The molecule has 1 aromatic carbocycles. The lowest BCUT2D eigenvalue weighted by Gasteiger charge is -1.94.